The lowest BCUT2D eigenvalue weighted by molar-refractivity contribution is 0.103. The SMILES string of the molecule is CCn1nc2c(CSC3=CC(C)(C)c4cc(/C=C5\C(=O)c6cc(C#N)c(C#N)cc6C5=C(C#N)C#N)sc43)c3c(c(-c4cc5c(s4)-c4sc(/C=C6\C(=O)c7cc(C#N)c(C#N)cc7C6=C(C#N)C#N)cc4C5(C)C)c2n1)N=S=N3. The van der Waals surface area contributed by atoms with E-state index < -0.39 is 22.4 Å². The Hall–Kier alpha value is -9.71. The quantitative estimate of drug-likeness (QED) is 0.106. The van der Waals surface area contributed by atoms with Gasteiger partial charge in [-0.3, -0.25) is 9.59 Å². The summed E-state index contributed by atoms with van der Waals surface area (Å²) >= 11 is 7.34. The first-order valence-corrected chi connectivity index (χ1v) is 28.1. The van der Waals surface area contributed by atoms with Crippen molar-refractivity contribution in [2.45, 2.75) is 57.7 Å². The lowest BCUT2D eigenvalue weighted by atomic mass is 9.83. The fourth-order valence-corrected chi connectivity index (χ4v) is 16.9. The molecule has 0 N–H and O–H groups in total. The van der Waals surface area contributed by atoms with E-state index in [4.69, 9.17) is 18.9 Å². The molecule has 4 aliphatic carbocycles. The van der Waals surface area contributed by atoms with E-state index in [1.54, 1.807) is 40.0 Å². The lowest BCUT2D eigenvalue weighted by Gasteiger charge is -2.19. The van der Waals surface area contributed by atoms with Crippen molar-refractivity contribution in [3.63, 3.8) is 0 Å². The number of thiophene rings is 3. The number of benzene rings is 3. The number of hydrogen-bond donors (Lipinski definition) is 0. The van der Waals surface area contributed by atoms with E-state index in [0.717, 1.165) is 73.3 Å². The van der Waals surface area contributed by atoms with Gasteiger partial charge in [0.1, 0.15) is 82.1 Å². The molecule has 0 saturated heterocycles. The van der Waals surface area contributed by atoms with Crippen molar-refractivity contribution in [3.8, 4) is 68.7 Å². The van der Waals surface area contributed by atoms with Crippen LogP contribution < -0.4 is 0 Å². The Morgan fingerprint density at radius 2 is 1.09 bits per heavy atom. The first kappa shape index (κ1) is 50.1. The zero-order valence-electron chi connectivity index (χ0n) is 41.9. The summed E-state index contributed by atoms with van der Waals surface area (Å²) in [6.45, 7) is 11.0. The normalized spacial score (nSPS) is 16.1. The van der Waals surface area contributed by atoms with Crippen LogP contribution in [0.4, 0.5) is 11.4 Å². The molecule has 12 rings (SSSR count). The molecule has 372 valence electrons. The highest BCUT2D eigenvalue weighted by Crippen LogP contribution is 2.60. The van der Waals surface area contributed by atoms with E-state index in [9.17, 15) is 51.7 Å². The van der Waals surface area contributed by atoms with Crippen LogP contribution in [0, 0.1) is 90.6 Å². The minimum absolute atomic E-state index is 0.0268. The summed E-state index contributed by atoms with van der Waals surface area (Å²) in [4.78, 5) is 36.3. The Labute approximate surface area is 470 Å². The predicted molar refractivity (Wildman–Crippen MR) is 303 cm³/mol. The maximum atomic E-state index is 14.1. The van der Waals surface area contributed by atoms with Crippen molar-refractivity contribution in [3.05, 3.63) is 152 Å². The van der Waals surface area contributed by atoms with E-state index in [1.165, 1.54) is 46.9 Å². The number of nitriles is 8. The number of rotatable bonds is 7. The van der Waals surface area contributed by atoms with Crippen LogP contribution in [0.5, 0.6) is 0 Å². The molecule has 0 spiro atoms. The number of aryl methyl sites for hydroxylation is 1. The molecule has 4 aromatic heterocycles. The van der Waals surface area contributed by atoms with E-state index in [2.05, 4.69) is 39.8 Å². The van der Waals surface area contributed by atoms with Gasteiger partial charge in [-0.25, -0.2) is 0 Å². The highest BCUT2D eigenvalue weighted by atomic mass is 32.2. The summed E-state index contributed by atoms with van der Waals surface area (Å²) in [7, 11) is 0. The number of fused-ring (bicyclic) bond motifs is 8. The number of carbonyl (C=O) groups is 2. The van der Waals surface area contributed by atoms with Crippen molar-refractivity contribution >= 4 is 119 Å². The second kappa shape index (κ2) is 18.2. The average Bonchev–Trinajstić information content (AvgIpc) is 4.51. The van der Waals surface area contributed by atoms with Crippen LogP contribution in [-0.4, -0.2) is 26.6 Å². The van der Waals surface area contributed by atoms with Gasteiger partial charge in [0.15, 0.2) is 11.6 Å². The molecule has 7 aromatic rings. The van der Waals surface area contributed by atoms with Gasteiger partial charge in [0.25, 0.3) is 0 Å². The number of carbonyl (C=O) groups excluding carboxylic acids is 2. The minimum atomic E-state index is -0.477. The van der Waals surface area contributed by atoms with Gasteiger partial charge < -0.3 is 0 Å². The minimum Gasteiger partial charge on any atom is -0.289 e. The number of Topliss-reactive ketones (excluding diaryl/α,β-unsaturated/α-hetero) is 2. The number of hydrogen-bond acceptors (Lipinski definition) is 18. The summed E-state index contributed by atoms with van der Waals surface area (Å²) < 4.78 is 9.81. The van der Waals surface area contributed by atoms with E-state index >= 15 is 0 Å². The highest BCUT2D eigenvalue weighted by Gasteiger charge is 2.42. The number of aromatic nitrogens is 3. The van der Waals surface area contributed by atoms with Gasteiger partial charge in [-0.2, -0.15) is 65.8 Å². The van der Waals surface area contributed by atoms with Crippen LogP contribution in [0.25, 0.3) is 59.4 Å². The Balaban J connectivity index is 0.895. The van der Waals surface area contributed by atoms with E-state index in [-0.39, 0.29) is 77.9 Å². The highest BCUT2D eigenvalue weighted by molar-refractivity contribution is 8.07. The lowest BCUT2D eigenvalue weighted by Crippen LogP contribution is -2.13. The maximum absolute atomic E-state index is 14.1. The van der Waals surface area contributed by atoms with Crippen molar-refractivity contribution in [2.24, 2.45) is 8.73 Å². The molecule has 0 unspecified atom stereocenters. The third-order valence-electron chi connectivity index (χ3n) is 14.7. The summed E-state index contributed by atoms with van der Waals surface area (Å²) in [5.74, 6) is -0.430. The molecule has 0 radical (unpaired) electrons. The first-order valence-electron chi connectivity index (χ1n) is 24.0. The average molecular weight is 1110 g/mol. The molecule has 5 aliphatic rings. The largest absolute Gasteiger partial charge is 0.289 e. The molecule has 0 atom stereocenters. The second-order valence-corrected chi connectivity index (χ2v) is 24.5. The molecule has 0 bridgehead atoms. The van der Waals surface area contributed by atoms with E-state index in [0.29, 0.717) is 34.7 Å². The van der Waals surface area contributed by atoms with Crippen LogP contribution in [0.2, 0.25) is 0 Å². The van der Waals surface area contributed by atoms with Crippen LogP contribution in [0.15, 0.2) is 79.6 Å². The monoisotopic (exact) mass is 1110 g/mol. The molecule has 20 heteroatoms. The number of allylic oxidation sites excluding steroid dienone is 7. The smallest absolute Gasteiger partial charge is 0.194 e. The number of thioether (sulfide) groups is 1. The van der Waals surface area contributed by atoms with Gasteiger partial charge in [-0.15, -0.1) is 45.8 Å². The first-order chi connectivity index (χ1) is 38.1. The maximum Gasteiger partial charge on any atom is 0.194 e. The zero-order chi connectivity index (χ0) is 55.6. The molecule has 79 heavy (non-hydrogen) atoms. The molecular formula is C59H29N13O2S5. The second-order valence-electron chi connectivity index (χ2n) is 19.7. The topological polar surface area (TPSA) is 280 Å². The summed E-state index contributed by atoms with van der Waals surface area (Å²) in [5, 5.41) is 89.2. The number of nitrogens with zero attached hydrogens (tertiary/aromatic N) is 13. The van der Waals surface area contributed by atoms with Gasteiger partial charge in [0.05, 0.1) is 45.7 Å². The molecule has 5 heterocycles. The Morgan fingerprint density at radius 1 is 0.608 bits per heavy atom. The van der Waals surface area contributed by atoms with Gasteiger partial charge in [-0.1, -0.05) is 33.8 Å². The molecule has 1 aliphatic heterocycles. The summed E-state index contributed by atoms with van der Waals surface area (Å²) in [6.07, 6.45) is 5.61. The van der Waals surface area contributed by atoms with Crippen molar-refractivity contribution in [1.29, 1.82) is 42.1 Å². The Kier molecular flexibility index (Phi) is 11.6. The Morgan fingerprint density at radius 3 is 1.62 bits per heavy atom. The fraction of sp³-hybridized carbons (Fsp3) is 0.153. The summed E-state index contributed by atoms with van der Waals surface area (Å²) in [6, 6.07) is 27.4. The van der Waals surface area contributed by atoms with E-state index in [1.807, 2.05) is 67.6 Å². The molecule has 0 fully saturated rings. The van der Waals surface area contributed by atoms with Gasteiger partial charge in [0.2, 0.25) is 0 Å². The zero-order valence-corrected chi connectivity index (χ0v) is 45.9. The fourth-order valence-electron chi connectivity index (χ4n) is 10.8. The van der Waals surface area contributed by atoms with Gasteiger partial charge in [0, 0.05) is 89.7 Å². The molecule has 0 saturated carbocycles. The van der Waals surface area contributed by atoms with Crippen LogP contribution in [0.3, 0.4) is 0 Å². The van der Waals surface area contributed by atoms with Crippen molar-refractivity contribution < 1.29 is 9.59 Å². The predicted octanol–water partition coefficient (Wildman–Crippen LogP) is 13.5. The van der Waals surface area contributed by atoms with Gasteiger partial charge in [-0.05, 0) is 89.4 Å². The molecule has 0 amide bonds. The van der Waals surface area contributed by atoms with Crippen LogP contribution >= 0.6 is 45.8 Å². The number of ketones is 2. The van der Waals surface area contributed by atoms with Crippen LogP contribution in [-0.2, 0) is 34.5 Å². The third kappa shape index (κ3) is 7.33. The molecule has 15 nitrogen and oxygen atoms in total. The molecular weight excluding hydrogens is 1080 g/mol. The third-order valence-corrected chi connectivity index (χ3v) is 19.9. The summed E-state index contributed by atoms with van der Waals surface area (Å²) in [5.41, 5.74) is 7.77. The molecule has 3 aromatic carbocycles. The van der Waals surface area contributed by atoms with Crippen LogP contribution in [0.1, 0.15) is 126 Å². The standard InChI is InChI=1S/C59H29N13O2S5/c1-6-72-68-49-40(25-75-45-16-58(2,3)41-13-32(76-55(41)45)11-38-46(30(21-64)22-65)34-7-26(17-60)28(19-62)9-36(34)53(38)73)50-52(71-79-70-50)48(51(49)69-72)44-15-43-57(78-44)56-42(59(43,4)5)14-33(77-56)12-39-47(31(23-66)24-67)35-8-27(18-61)29(20-63)10-37(35)54(39)74/h7-16H,6,25H2,1-5H3/b38-11-,39-12-. The Bertz CT molecular complexity index is 4750. The van der Waals surface area contributed by atoms with Crippen molar-refractivity contribution in [1.82, 2.24) is 15.0 Å². The van der Waals surface area contributed by atoms with Crippen molar-refractivity contribution in [2.75, 3.05) is 0 Å². The van der Waals surface area contributed by atoms with Gasteiger partial charge >= 0.3 is 0 Å².